The maximum Gasteiger partial charge on any atom is 0.0701 e. The highest BCUT2D eigenvalue weighted by atomic mass is 79.9. The number of nitrogens with zero attached hydrogens (tertiary/aromatic N) is 1. The number of likely N-dealkylation sites (N-methyl/N-ethyl adjacent to an activating group) is 1. The molecule has 1 N–H and O–H groups in total. The number of piperidine rings is 1. The zero-order chi connectivity index (χ0) is 11.4. The summed E-state index contributed by atoms with van der Waals surface area (Å²) in [4.78, 5) is 4.00. The molecule has 1 fully saturated rings. The van der Waals surface area contributed by atoms with Crippen molar-refractivity contribution in [2.45, 2.75) is 25.3 Å². The Morgan fingerprint density at radius 3 is 2.81 bits per heavy atom. The van der Waals surface area contributed by atoms with E-state index < -0.39 is 0 Å². The number of rotatable bonds is 4. The molecule has 0 spiro atoms. The lowest BCUT2D eigenvalue weighted by atomic mass is 10.1. The van der Waals surface area contributed by atoms with Gasteiger partial charge in [-0.2, -0.15) is 0 Å². The van der Waals surface area contributed by atoms with Gasteiger partial charge in [-0.3, -0.25) is 0 Å². The Labute approximate surface area is 110 Å². The average Bonchev–Trinajstić information content (AvgIpc) is 2.73. The molecule has 0 atom stereocenters. The van der Waals surface area contributed by atoms with Gasteiger partial charge in [-0.25, -0.2) is 0 Å². The van der Waals surface area contributed by atoms with Crippen LogP contribution in [0.5, 0.6) is 0 Å². The average molecular weight is 303 g/mol. The molecule has 16 heavy (non-hydrogen) atoms. The van der Waals surface area contributed by atoms with Gasteiger partial charge in [0.2, 0.25) is 0 Å². The predicted octanol–water partition coefficient (Wildman–Crippen LogP) is 2.74. The van der Waals surface area contributed by atoms with E-state index in [9.17, 15) is 0 Å². The topological polar surface area (TPSA) is 15.3 Å². The summed E-state index contributed by atoms with van der Waals surface area (Å²) in [6.45, 7) is 3.54. The lowest BCUT2D eigenvalue weighted by Crippen LogP contribution is -2.41. The van der Waals surface area contributed by atoms with Crippen molar-refractivity contribution in [3.63, 3.8) is 0 Å². The highest BCUT2D eigenvalue weighted by Crippen LogP contribution is 2.22. The van der Waals surface area contributed by atoms with Gasteiger partial charge in [0.25, 0.3) is 0 Å². The minimum atomic E-state index is 0.782. The Hall–Kier alpha value is 0.1000. The first kappa shape index (κ1) is 12.6. The van der Waals surface area contributed by atoms with Gasteiger partial charge in [0.15, 0.2) is 0 Å². The molecule has 2 rings (SSSR count). The molecule has 2 nitrogen and oxygen atoms in total. The highest BCUT2D eigenvalue weighted by molar-refractivity contribution is 9.11. The summed E-state index contributed by atoms with van der Waals surface area (Å²) in [6.07, 6.45) is 3.77. The monoisotopic (exact) mass is 302 g/mol. The van der Waals surface area contributed by atoms with Crippen LogP contribution in [0.2, 0.25) is 0 Å². The molecule has 1 aliphatic heterocycles. The van der Waals surface area contributed by atoms with E-state index in [1.54, 1.807) is 0 Å². The van der Waals surface area contributed by atoms with E-state index in [0.717, 1.165) is 6.04 Å². The van der Waals surface area contributed by atoms with Crippen molar-refractivity contribution >= 4 is 27.3 Å². The molecule has 90 valence electrons. The number of halogens is 1. The summed E-state index contributed by atoms with van der Waals surface area (Å²) in [7, 11) is 2.26. The van der Waals surface area contributed by atoms with E-state index >= 15 is 0 Å². The molecule has 0 unspecified atom stereocenters. The molecule has 0 bridgehead atoms. The largest absolute Gasteiger partial charge is 0.317 e. The fraction of sp³-hybridized carbons (Fsp3) is 0.667. The van der Waals surface area contributed by atoms with Crippen LogP contribution < -0.4 is 5.32 Å². The van der Waals surface area contributed by atoms with E-state index in [2.05, 4.69) is 45.3 Å². The second-order valence-corrected chi connectivity index (χ2v) is 6.97. The molecule has 1 aromatic heterocycles. The minimum absolute atomic E-state index is 0.782. The van der Waals surface area contributed by atoms with Crippen molar-refractivity contribution in [2.24, 2.45) is 0 Å². The maximum absolute atomic E-state index is 3.51. The third-order valence-electron chi connectivity index (χ3n) is 3.27. The molecule has 1 aromatic rings. The van der Waals surface area contributed by atoms with Crippen molar-refractivity contribution in [1.82, 2.24) is 10.2 Å². The van der Waals surface area contributed by atoms with Crippen LogP contribution in [-0.4, -0.2) is 37.6 Å². The van der Waals surface area contributed by atoms with Gasteiger partial charge in [0.05, 0.1) is 3.79 Å². The van der Waals surface area contributed by atoms with Crippen molar-refractivity contribution < 1.29 is 0 Å². The number of nitrogens with one attached hydrogen (secondary N) is 1. The first-order valence-electron chi connectivity index (χ1n) is 5.91. The third kappa shape index (κ3) is 3.55. The Balaban J connectivity index is 1.76. The summed E-state index contributed by atoms with van der Waals surface area (Å²) in [6, 6.07) is 5.15. The van der Waals surface area contributed by atoms with Gasteiger partial charge in [-0.05, 0) is 67.5 Å². The highest BCUT2D eigenvalue weighted by Gasteiger charge is 2.17. The van der Waals surface area contributed by atoms with Gasteiger partial charge in [-0.1, -0.05) is 0 Å². The molecular formula is C12H19BrN2S. The van der Waals surface area contributed by atoms with E-state index in [0.29, 0.717) is 0 Å². The van der Waals surface area contributed by atoms with Crippen LogP contribution >= 0.6 is 27.3 Å². The van der Waals surface area contributed by atoms with Crippen LogP contribution in [0.1, 0.15) is 17.7 Å². The maximum atomic E-state index is 3.51. The fourth-order valence-electron chi connectivity index (χ4n) is 2.20. The molecule has 0 saturated carbocycles. The van der Waals surface area contributed by atoms with Crippen LogP contribution in [0.3, 0.4) is 0 Å². The van der Waals surface area contributed by atoms with E-state index in [-0.39, 0.29) is 0 Å². The molecule has 1 saturated heterocycles. The van der Waals surface area contributed by atoms with Gasteiger partial charge in [0, 0.05) is 17.5 Å². The second-order valence-electron chi connectivity index (χ2n) is 4.42. The molecule has 0 aliphatic carbocycles. The standard InChI is InChI=1S/C12H19BrN2S/c1-15(10-4-7-14-8-5-10)9-6-11-2-3-12(13)16-11/h2-3,10,14H,4-9H2,1H3. The summed E-state index contributed by atoms with van der Waals surface area (Å²) in [5.74, 6) is 0. The molecule has 4 heteroatoms. The summed E-state index contributed by atoms with van der Waals surface area (Å²) < 4.78 is 1.24. The van der Waals surface area contributed by atoms with E-state index in [4.69, 9.17) is 0 Å². The van der Waals surface area contributed by atoms with Gasteiger partial charge >= 0.3 is 0 Å². The fourth-order valence-corrected chi connectivity index (χ4v) is 3.67. The molecule has 0 radical (unpaired) electrons. The number of hydrogen-bond acceptors (Lipinski definition) is 3. The zero-order valence-electron chi connectivity index (χ0n) is 9.71. The van der Waals surface area contributed by atoms with E-state index in [1.165, 1.54) is 47.6 Å². The Morgan fingerprint density at radius 2 is 2.19 bits per heavy atom. The zero-order valence-corrected chi connectivity index (χ0v) is 12.1. The summed E-state index contributed by atoms with van der Waals surface area (Å²) >= 11 is 5.37. The van der Waals surface area contributed by atoms with Gasteiger partial charge in [-0.15, -0.1) is 11.3 Å². The first-order chi connectivity index (χ1) is 7.75. The molecule has 1 aliphatic rings. The van der Waals surface area contributed by atoms with Crippen molar-refractivity contribution in [3.8, 4) is 0 Å². The third-order valence-corrected chi connectivity index (χ3v) is 4.96. The van der Waals surface area contributed by atoms with E-state index in [1.807, 2.05) is 11.3 Å². The van der Waals surface area contributed by atoms with Crippen LogP contribution in [0.25, 0.3) is 0 Å². The SMILES string of the molecule is CN(CCc1ccc(Br)s1)C1CCNCC1. The van der Waals surface area contributed by atoms with Crippen molar-refractivity contribution in [2.75, 3.05) is 26.7 Å². The van der Waals surface area contributed by atoms with Crippen LogP contribution in [-0.2, 0) is 6.42 Å². The molecule has 2 heterocycles. The first-order valence-corrected chi connectivity index (χ1v) is 7.52. The Bertz CT molecular complexity index is 321. The van der Waals surface area contributed by atoms with Crippen molar-refractivity contribution in [3.05, 3.63) is 20.8 Å². The number of thiophene rings is 1. The number of hydrogen-bond donors (Lipinski definition) is 1. The second kappa shape index (κ2) is 6.15. The Kier molecular flexibility index (Phi) is 4.82. The predicted molar refractivity (Wildman–Crippen MR) is 74.2 cm³/mol. The quantitative estimate of drug-likeness (QED) is 0.920. The summed E-state index contributed by atoms with van der Waals surface area (Å²) in [5.41, 5.74) is 0. The van der Waals surface area contributed by atoms with Crippen LogP contribution in [0.15, 0.2) is 15.9 Å². The molecule has 0 amide bonds. The lowest BCUT2D eigenvalue weighted by Gasteiger charge is -2.31. The lowest BCUT2D eigenvalue weighted by molar-refractivity contribution is 0.201. The smallest absolute Gasteiger partial charge is 0.0701 e. The minimum Gasteiger partial charge on any atom is -0.317 e. The van der Waals surface area contributed by atoms with Gasteiger partial charge < -0.3 is 10.2 Å². The molecular weight excluding hydrogens is 284 g/mol. The van der Waals surface area contributed by atoms with Crippen LogP contribution in [0.4, 0.5) is 0 Å². The molecule has 0 aromatic carbocycles. The Morgan fingerprint density at radius 1 is 1.44 bits per heavy atom. The summed E-state index contributed by atoms with van der Waals surface area (Å²) in [5, 5.41) is 3.42. The van der Waals surface area contributed by atoms with Gasteiger partial charge in [0.1, 0.15) is 0 Å². The van der Waals surface area contributed by atoms with Crippen LogP contribution in [0, 0.1) is 0 Å². The van der Waals surface area contributed by atoms with Crippen molar-refractivity contribution in [1.29, 1.82) is 0 Å². The normalized spacial score (nSPS) is 18.2.